The molecule has 0 aliphatic rings. The van der Waals surface area contributed by atoms with Gasteiger partial charge in [-0.25, -0.2) is 0 Å². The van der Waals surface area contributed by atoms with Gasteiger partial charge in [0.2, 0.25) is 5.91 Å². The molecule has 0 aromatic heterocycles. The van der Waals surface area contributed by atoms with Crippen LogP contribution in [0.4, 0.5) is 5.69 Å². The fourth-order valence-electron chi connectivity index (χ4n) is 2.19. The van der Waals surface area contributed by atoms with Crippen molar-refractivity contribution >= 4 is 11.6 Å². The molecule has 0 saturated carbocycles. The molecule has 0 heterocycles. The molecule has 1 amide bonds. The molecule has 122 valence electrons. The van der Waals surface area contributed by atoms with Gasteiger partial charge in [-0.05, 0) is 36.2 Å². The smallest absolute Gasteiger partial charge is 0.237 e. The van der Waals surface area contributed by atoms with Crippen LogP contribution in [0.2, 0.25) is 0 Å². The predicted molar refractivity (Wildman–Crippen MR) is 92.6 cm³/mol. The molecule has 0 saturated heterocycles. The minimum atomic E-state index is -0.529. The predicted octanol–water partition coefficient (Wildman–Crippen LogP) is 1.79. The molecule has 0 aliphatic carbocycles. The average Bonchev–Trinajstić information content (AvgIpc) is 2.60. The largest absolute Gasteiger partial charge is 0.497 e. The quantitative estimate of drug-likeness (QED) is 0.650. The highest BCUT2D eigenvalue weighted by Gasteiger charge is 2.12. The normalized spacial score (nSPS) is 11.6. The molecule has 2 aromatic carbocycles. The fraction of sp³-hybridized carbons (Fsp3) is 0.278. The Morgan fingerprint density at radius 3 is 2.43 bits per heavy atom. The van der Waals surface area contributed by atoms with Gasteiger partial charge in [0.05, 0.1) is 13.2 Å². The van der Waals surface area contributed by atoms with Crippen LogP contribution in [0.3, 0.4) is 0 Å². The van der Waals surface area contributed by atoms with Gasteiger partial charge in [0, 0.05) is 18.8 Å². The van der Waals surface area contributed by atoms with E-state index in [0.29, 0.717) is 19.5 Å². The second-order valence-electron chi connectivity index (χ2n) is 5.24. The summed E-state index contributed by atoms with van der Waals surface area (Å²) in [6, 6.07) is 16.9. The maximum Gasteiger partial charge on any atom is 0.237 e. The zero-order valence-electron chi connectivity index (χ0n) is 13.3. The second-order valence-corrected chi connectivity index (χ2v) is 5.24. The molecule has 1 unspecified atom stereocenters. The number of anilines is 1. The molecule has 0 radical (unpaired) electrons. The summed E-state index contributed by atoms with van der Waals surface area (Å²) in [6.07, 6.45) is 0.540. The van der Waals surface area contributed by atoms with Crippen molar-refractivity contribution in [1.82, 2.24) is 5.32 Å². The van der Waals surface area contributed by atoms with Crippen LogP contribution in [-0.4, -0.2) is 32.1 Å². The van der Waals surface area contributed by atoms with Gasteiger partial charge in [0.15, 0.2) is 0 Å². The van der Waals surface area contributed by atoms with Gasteiger partial charge in [0.1, 0.15) is 5.75 Å². The molecule has 2 aromatic rings. The van der Waals surface area contributed by atoms with Crippen LogP contribution in [0.25, 0.3) is 0 Å². The molecule has 0 aliphatic heterocycles. The summed E-state index contributed by atoms with van der Waals surface area (Å²) in [4.78, 5) is 12.0. The standard InChI is InChI=1S/C18H23N3O2/c1-23-16-9-7-15(8-10-16)20-11-12-21-18(22)17(19)13-14-5-3-2-4-6-14/h2-10,17,20H,11-13,19H2,1H3,(H,21,22). The van der Waals surface area contributed by atoms with Crippen molar-refractivity contribution < 1.29 is 9.53 Å². The number of carbonyl (C=O) groups excluding carboxylic acids is 1. The first-order valence-electron chi connectivity index (χ1n) is 7.64. The molecule has 4 N–H and O–H groups in total. The van der Waals surface area contributed by atoms with Crippen LogP contribution in [0.15, 0.2) is 54.6 Å². The van der Waals surface area contributed by atoms with Crippen molar-refractivity contribution in [3.63, 3.8) is 0 Å². The van der Waals surface area contributed by atoms with E-state index in [1.807, 2.05) is 54.6 Å². The first-order chi connectivity index (χ1) is 11.2. The van der Waals surface area contributed by atoms with E-state index in [-0.39, 0.29) is 5.91 Å². The first kappa shape index (κ1) is 16.8. The number of amides is 1. The Morgan fingerprint density at radius 2 is 1.78 bits per heavy atom. The van der Waals surface area contributed by atoms with E-state index in [2.05, 4.69) is 10.6 Å². The van der Waals surface area contributed by atoms with Crippen molar-refractivity contribution in [3.8, 4) is 5.75 Å². The van der Waals surface area contributed by atoms with E-state index < -0.39 is 6.04 Å². The maximum absolute atomic E-state index is 12.0. The third-order valence-electron chi connectivity index (χ3n) is 3.48. The van der Waals surface area contributed by atoms with Gasteiger partial charge in [-0.2, -0.15) is 0 Å². The first-order valence-corrected chi connectivity index (χ1v) is 7.64. The Kier molecular flexibility index (Phi) is 6.44. The highest BCUT2D eigenvalue weighted by atomic mass is 16.5. The van der Waals surface area contributed by atoms with Crippen molar-refractivity contribution in [3.05, 3.63) is 60.2 Å². The molecule has 0 fully saturated rings. The zero-order valence-corrected chi connectivity index (χ0v) is 13.3. The van der Waals surface area contributed by atoms with E-state index in [0.717, 1.165) is 17.0 Å². The van der Waals surface area contributed by atoms with Gasteiger partial charge in [-0.1, -0.05) is 30.3 Å². The van der Waals surface area contributed by atoms with Gasteiger partial charge in [-0.3, -0.25) is 4.79 Å². The average molecular weight is 313 g/mol. The highest BCUT2D eigenvalue weighted by molar-refractivity contribution is 5.81. The van der Waals surface area contributed by atoms with Gasteiger partial charge >= 0.3 is 0 Å². The summed E-state index contributed by atoms with van der Waals surface area (Å²) in [5, 5.41) is 6.07. The lowest BCUT2D eigenvalue weighted by atomic mass is 10.1. The van der Waals surface area contributed by atoms with Crippen LogP contribution in [0.1, 0.15) is 5.56 Å². The topological polar surface area (TPSA) is 76.4 Å². The lowest BCUT2D eigenvalue weighted by molar-refractivity contribution is -0.122. The van der Waals surface area contributed by atoms with E-state index in [1.54, 1.807) is 7.11 Å². The molecular weight excluding hydrogens is 290 g/mol. The lowest BCUT2D eigenvalue weighted by Crippen LogP contribution is -2.43. The van der Waals surface area contributed by atoms with Gasteiger partial charge in [0.25, 0.3) is 0 Å². The SMILES string of the molecule is COc1ccc(NCCNC(=O)C(N)Cc2ccccc2)cc1. The summed E-state index contributed by atoms with van der Waals surface area (Å²) < 4.78 is 5.10. The van der Waals surface area contributed by atoms with Crippen molar-refractivity contribution in [1.29, 1.82) is 0 Å². The number of methoxy groups -OCH3 is 1. The van der Waals surface area contributed by atoms with Crippen LogP contribution in [0, 0.1) is 0 Å². The maximum atomic E-state index is 12.0. The molecule has 23 heavy (non-hydrogen) atoms. The number of ether oxygens (including phenoxy) is 1. The Labute approximate surface area is 136 Å². The Morgan fingerprint density at radius 1 is 1.09 bits per heavy atom. The van der Waals surface area contributed by atoms with E-state index in [1.165, 1.54) is 0 Å². The van der Waals surface area contributed by atoms with Gasteiger partial charge in [-0.15, -0.1) is 0 Å². The molecule has 5 heteroatoms. The number of hydrogen-bond acceptors (Lipinski definition) is 4. The number of carbonyl (C=O) groups is 1. The molecule has 1 atom stereocenters. The summed E-state index contributed by atoms with van der Waals surface area (Å²) >= 11 is 0. The Hall–Kier alpha value is -2.53. The van der Waals surface area contributed by atoms with E-state index >= 15 is 0 Å². The molecule has 0 spiro atoms. The minimum Gasteiger partial charge on any atom is -0.497 e. The molecular formula is C18H23N3O2. The Balaban J connectivity index is 1.67. The number of benzene rings is 2. The highest BCUT2D eigenvalue weighted by Crippen LogP contribution is 2.14. The van der Waals surface area contributed by atoms with Crippen LogP contribution in [0.5, 0.6) is 5.75 Å². The Bertz CT molecular complexity index is 599. The molecule has 0 bridgehead atoms. The second kappa shape index (κ2) is 8.80. The minimum absolute atomic E-state index is 0.134. The summed E-state index contributed by atoms with van der Waals surface area (Å²) in [7, 11) is 1.64. The van der Waals surface area contributed by atoms with Crippen LogP contribution >= 0.6 is 0 Å². The van der Waals surface area contributed by atoms with Crippen molar-refractivity contribution in [2.45, 2.75) is 12.5 Å². The van der Waals surface area contributed by atoms with E-state index in [4.69, 9.17) is 10.5 Å². The fourth-order valence-corrected chi connectivity index (χ4v) is 2.19. The number of hydrogen-bond donors (Lipinski definition) is 3. The molecule has 2 rings (SSSR count). The summed E-state index contributed by atoms with van der Waals surface area (Å²) in [6.45, 7) is 1.16. The van der Waals surface area contributed by atoms with Crippen molar-refractivity contribution in [2.24, 2.45) is 5.73 Å². The lowest BCUT2D eigenvalue weighted by Gasteiger charge is -2.13. The summed E-state index contributed by atoms with van der Waals surface area (Å²) in [5.74, 6) is 0.682. The summed E-state index contributed by atoms with van der Waals surface area (Å²) in [5.41, 5.74) is 7.97. The number of nitrogens with one attached hydrogen (secondary N) is 2. The van der Waals surface area contributed by atoms with Crippen molar-refractivity contribution in [2.75, 3.05) is 25.5 Å². The number of nitrogens with two attached hydrogens (primary N) is 1. The van der Waals surface area contributed by atoms with Crippen LogP contribution in [-0.2, 0) is 11.2 Å². The van der Waals surface area contributed by atoms with Crippen LogP contribution < -0.4 is 21.1 Å². The molecule has 5 nitrogen and oxygen atoms in total. The van der Waals surface area contributed by atoms with Gasteiger partial charge < -0.3 is 21.1 Å². The van der Waals surface area contributed by atoms with E-state index in [9.17, 15) is 4.79 Å². The monoisotopic (exact) mass is 313 g/mol. The third-order valence-corrected chi connectivity index (χ3v) is 3.48. The zero-order chi connectivity index (χ0) is 16.5. The number of rotatable bonds is 8. The third kappa shape index (κ3) is 5.64.